The summed E-state index contributed by atoms with van der Waals surface area (Å²) < 4.78 is 2.73. The first kappa shape index (κ1) is 14.4. The average molecular weight is 357 g/mol. The van der Waals surface area contributed by atoms with Crippen LogP contribution in [-0.4, -0.2) is 26.0 Å². The molecule has 0 atom stereocenters. The summed E-state index contributed by atoms with van der Waals surface area (Å²) in [7, 11) is 0. The van der Waals surface area contributed by atoms with Gasteiger partial charge in [-0.15, -0.1) is 0 Å². The molecule has 0 aliphatic carbocycles. The number of aryl methyl sites for hydroxylation is 1. The summed E-state index contributed by atoms with van der Waals surface area (Å²) in [6.07, 6.45) is 6.88. The summed E-state index contributed by atoms with van der Waals surface area (Å²) >= 11 is 3.40. The van der Waals surface area contributed by atoms with Gasteiger partial charge < -0.3 is 0 Å². The molecule has 3 rings (SSSR count). The number of hydrogen-bond donors (Lipinski definition) is 1. The maximum Gasteiger partial charge on any atom is 0.158 e. The van der Waals surface area contributed by atoms with Gasteiger partial charge in [0.05, 0.1) is 12.4 Å². The van der Waals surface area contributed by atoms with Crippen molar-refractivity contribution in [3.63, 3.8) is 0 Å². The molecule has 0 saturated carbocycles. The van der Waals surface area contributed by atoms with E-state index in [2.05, 4.69) is 41.5 Å². The van der Waals surface area contributed by atoms with Crippen molar-refractivity contribution in [1.29, 1.82) is 0 Å². The normalized spacial score (nSPS) is 11.0. The van der Waals surface area contributed by atoms with Crippen molar-refractivity contribution in [3.05, 3.63) is 64.7 Å². The predicted molar refractivity (Wildman–Crippen MR) is 89.2 cm³/mol. The standard InChI is InChI=1S/C15H13BrN6/c1-11-7-20-22(9-11)15-6-14(17-10-18-15)21-19-8-12-2-4-13(16)5-3-12/h2-10H,1H3,(H,17,18,21). The molecule has 7 heteroatoms. The Bertz CT molecular complexity index is 794. The zero-order chi connectivity index (χ0) is 15.4. The molecule has 0 bridgehead atoms. The highest BCUT2D eigenvalue weighted by atomic mass is 79.9. The molecular weight excluding hydrogens is 344 g/mol. The van der Waals surface area contributed by atoms with Crippen LogP contribution in [0.15, 0.2) is 58.6 Å². The van der Waals surface area contributed by atoms with E-state index >= 15 is 0 Å². The lowest BCUT2D eigenvalue weighted by atomic mass is 10.2. The van der Waals surface area contributed by atoms with Gasteiger partial charge in [0.1, 0.15) is 6.33 Å². The predicted octanol–water partition coefficient (Wildman–Crippen LogP) is 3.18. The molecule has 1 aromatic carbocycles. The molecule has 0 radical (unpaired) electrons. The van der Waals surface area contributed by atoms with Crippen LogP contribution in [0.2, 0.25) is 0 Å². The summed E-state index contributed by atoms with van der Waals surface area (Å²) in [5.41, 5.74) is 4.95. The first-order valence-corrected chi connectivity index (χ1v) is 7.38. The van der Waals surface area contributed by atoms with E-state index in [4.69, 9.17) is 0 Å². The van der Waals surface area contributed by atoms with E-state index in [1.54, 1.807) is 23.2 Å². The smallest absolute Gasteiger partial charge is 0.158 e. The fourth-order valence-electron chi connectivity index (χ4n) is 1.79. The second kappa shape index (κ2) is 6.48. The SMILES string of the molecule is Cc1cnn(-c2cc(NN=Cc3ccc(Br)cc3)ncn2)c1. The van der Waals surface area contributed by atoms with Crippen LogP contribution < -0.4 is 5.43 Å². The van der Waals surface area contributed by atoms with Crippen LogP contribution in [0.3, 0.4) is 0 Å². The van der Waals surface area contributed by atoms with Gasteiger partial charge in [0.15, 0.2) is 11.6 Å². The van der Waals surface area contributed by atoms with Crippen molar-refractivity contribution < 1.29 is 0 Å². The quantitative estimate of drug-likeness (QED) is 0.575. The molecule has 2 aromatic heterocycles. The Morgan fingerprint density at radius 3 is 2.77 bits per heavy atom. The summed E-state index contributed by atoms with van der Waals surface area (Å²) in [6, 6.07) is 9.64. The molecule has 22 heavy (non-hydrogen) atoms. The second-order valence-corrected chi connectivity index (χ2v) is 5.56. The highest BCUT2D eigenvalue weighted by molar-refractivity contribution is 9.10. The number of rotatable bonds is 4. The van der Waals surface area contributed by atoms with Crippen LogP contribution in [0, 0.1) is 6.92 Å². The van der Waals surface area contributed by atoms with Gasteiger partial charge >= 0.3 is 0 Å². The molecule has 2 heterocycles. The first-order chi connectivity index (χ1) is 10.7. The van der Waals surface area contributed by atoms with Gasteiger partial charge in [-0.2, -0.15) is 10.2 Å². The maximum absolute atomic E-state index is 4.22. The Morgan fingerprint density at radius 2 is 2.05 bits per heavy atom. The molecule has 0 fully saturated rings. The topological polar surface area (TPSA) is 68.0 Å². The molecule has 1 N–H and O–H groups in total. The fourth-order valence-corrected chi connectivity index (χ4v) is 2.06. The molecule has 0 aliphatic heterocycles. The second-order valence-electron chi connectivity index (χ2n) is 4.65. The summed E-state index contributed by atoms with van der Waals surface area (Å²) in [4.78, 5) is 8.32. The van der Waals surface area contributed by atoms with Crippen molar-refractivity contribution in [2.45, 2.75) is 6.92 Å². The monoisotopic (exact) mass is 356 g/mol. The Balaban J connectivity index is 1.71. The van der Waals surface area contributed by atoms with Crippen LogP contribution in [0.1, 0.15) is 11.1 Å². The van der Waals surface area contributed by atoms with Gasteiger partial charge in [-0.3, -0.25) is 5.43 Å². The van der Waals surface area contributed by atoms with E-state index in [9.17, 15) is 0 Å². The molecule has 110 valence electrons. The number of hydrazone groups is 1. The summed E-state index contributed by atoms with van der Waals surface area (Å²) in [5, 5.41) is 8.39. The summed E-state index contributed by atoms with van der Waals surface area (Å²) in [5.74, 6) is 1.29. The van der Waals surface area contributed by atoms with Crippen LogP contribution in [-0.2, 0) is 0 Å². The largest absolute Gasteiger partial charge is 0.261 e. The van der Waals surface area contributed by atoms with Crippen LogP contribution in [0.5, 0.6) is 0 Å². The number of anilines is 1. The Hall–Kier alpha value is -2.54. The lowest BCUT2D eigenvalue weighted by molar-refractivity contribution is 0.839. The van der Waals surface area contributed by atoms with Gasteiger partial charge in [-0.1, -0.05) is 28.1 Å². The molecule has 0 spiro atoms. The van der Waals surface area contributed by atoms with Gasteiger partial charge in [-0.05, 0) is 30.2 Å². The van der Waals surface area contributed by atoms with E-state index in [1.807, 2.05) is 37.4 Å². The molecule has 0 aliphatic rings. The summed E-state index contributed by atoms with van der Waals surface area (Å²) in [6.45, 7) is 1.98. The maximum atomic E-state index is 4.22. The van der Waals surface area contributed by atoms with Gasteiger partial charge in [0.25, 0.3) is 0 Å². The fraction of sp³-hybridized carbons (Fsp3) is 0.0667. The number of nitrogens with zero attached hydrogens (tertiary/aromatic N) is 5. The van der Waals surface area contributed by atoms with Crippen molar-refractivity contribution in [2.75, 3.05) is 5.43 Å². The first-order valence-electron chi connectivity index (χ1n) is 6.59. The molecule has 3 aromatic rings. The lowest BCUT2D eigenvalue weighted by Gasteiger charge is -2.02. The highest BCUT2D eigenvalue weighted by Crippen LogP contribution is 2.10. The molecule has 0 unspecified atom stereocenters. The third-order valence-corrected chi connectivity index (χ3v) is 3.39. The minimum absolute atomic E-state index is 0.603. The number of halogens is 1. The van der Waals surface area contributed by atoms with E-state index in [0.717, 1.165) is 15.6 Å². The van der Waals surface area contributed by atoms with Crippen LogP contribution >= 0.6 is 15.9 Å². The van der Waals surface area contributed by atoms with E-state index < -0.39 is 0 Å². The zero-order valence-electron chi connectivity index (χ0n) is 11.8. The highest BCUT2D eigenvalue weighted by Gasteiger charge is 2.01. The molecule has 6 nitrogen and oxygen atoms in total. The van der Waals surface area contributed by atoms with Crippen molar-refractivity contribution in [3.8, 4) is 5.82 Å². The van der Waals surface area contributed by atoms with Crippen molar-refractivity contribution in [1.82, 2.24) is 19.7 Å². The number of aromatic nitrogens is 4. The van der Waals surface area contributed by atoms with Crippen LogP contribution in [0.25, 0.3) is 5.82 Å². The van der Waals surface area contributed by atoms with E-state index in [1.165, 1.54) is 6.33 Å². The third kappa shape index (κ3) is 3.56. The minimum atomic E-state index is 0.603. The van der Waals surface area contributed by atoms with Crippen LogP contribution in [0.4, 0.5) is 5.82 Å². The van der Waals surface area contributed by atoms with E-state index in [-0.39, 0.29) is 0 Å². The van der Waals surface area contributed by atoms with Crippen molar-refractivity contribution in [2.24, 2.45) is 5.10 Å². The number of benzene rings is 1. The lowest BCUT2D eigenvalue weighted by Crippen LogP contribution is -2.01. The van der Waals surface area contributed by atoms with Gasteiger partial charge in [0.2, 0.25) is 0 Å². The minimum Gasteiger partial charge on any atom is -0.261 e. The third-order valence-electron chi connectivity index (χ3n) is 2.86. The number of nitrogens with one attached hydrogen (secondary N) is 1. The average Bonchev–Trinajstić information content (AvgIpc) is 2.96. The number of hydrogen-bond acceptors (Lipinski definition) is 5. The zero-order valence-corrected chi connectivity index (χ0v) is 13.4. The van der Waals surface area contributed by atoms with E-state index in [0.29, 0.717) is 11.6 Å². The Kier molecular flexibility index (Phi) is 4.24. The molecule has 0 amide bonds. The Labute approximate surface area is 136 Å². The van der Waals surface area contributed by atoms with Gasteiger partial charge in [0, 0.05) is 16.7 Å². The molecule has 0 saturated heterocycles. The molecular formula is C15H13BrN6. The Morgan fingerprint density at radius 1 is 1.23 bits per heavy atom. The van der Waals surface area contributed by atoms with Crippen molar-refractivity contribution >= 4 is 28.0 Å². The van der Waals surface area contributed by atoms with Gasteiger partial charge in [-0.25, -0.2) is 14.6 Å².